The summed E-state index contributed by atoms with van der Waals surface area (Å²) in [5.74, 6) is 1.41. The molecule has 0 aromatic heterocycles. The molecule has 0 fully saturated rings. The van der Waals surface area contributed by atoms with E-state index in [1.165, 1.54) is 6.42 Å². The van der Waals surface area contributed by atoms with Crippen molar-refractivity contribution in [2.75, 3.05) is 0 Å². The van der Waals surface area contributed by atoms with Gasteiger partial charge in [-0.1, -0.05) is 20.8 Å². The summed E-state index contributed by atoms with van der Waals surface area (Å²) in [7, 11) is 0. The van der Waals surface area contributed by atoms with Crippen LogP contribution in [0.25, 0.3) is 0 Å². The fraction of sp³-hybridized carbons (Fsp3) is 1.00. The quantitative estimate of drug-likeness (QED) is 0.625. The van der Waals surface area contributed by atoms with E-state index in [1.54, 1.807) is 6.92 Å². The van der Waals surface area contributed by atoms with Crippen LogP contribution in [0.2, 0.25) is 0 Å². The maximum atomic E-state index is 9.28. The number of rotatable bonds is 5. The second kappa shape index (κ2) is 4.83. The average Bonchev–Trinajstić information content (AvgIpc) is 1.80. The third-order valence-electron chi connectivity index (χ3n) is 2.02. The largest absolute Gasteiger partial charge is 0.376 e. The predicted molar refractivity (Wildman–Crippen MR) is 52.7 cm³/mol. The Morgan fingerprint density at radius 3 is 2.17 bits per heavy atom. The molecule has 74 valence electrons. The van der Waals surface area contributed by atoms with Crippen molar-refractivity contribution in [3.05, 3.63) is 0 Å². The minimum absolute atomic E-state index is 0.667. The smallest absolute Gasteiger partial charge is 0.110 e. The first-order chi connectivity index (χ1) is 5.31. The van der Waals surface area contributed by atoms with Crippen molar-refractivity contribution < 1.29 is 5.11 Å². The number of hydrogen-bond donors (Lipinski definition) is 2. The van der Waals surface area contributed by atoms with Crippen molar-refractivity contribution in [2.24, 2.45) is 17.6 Å². The molecule has 0 aromatic rings. The van der Waals surface area contributed by atoms with E-state index in [0.717, 1.165) is 12.3 Å². The van der Waals surface area contributed by atoms with Crippen LogP contribution >= 0.6 is 0 Å². The van der Waals surface area contributed by atoms with Crippen LogP contribution in [-0.2, 0) is 0 Å². The zero-order valence-corrected chi connectivity index (χ0v) is 8.80. The Morgan fingerprint density at radius 2 is 1.83 bits per heavy atom. The summed E-state index contributed by atoms with van der Waals surface area (Å²) in [6.07, 6.45) is 2.93. The lowest BCUT2D eigenvalue weighted by Crippen LogP contribution is -2.35. The molecule has 1 unspecified atom stereocenters. The highest BCUT2D eigenvalue weighted by Crippen LogP contribution is 2.18. The van der Waals surface area contributed by atoms with Crippen molar-refractivity contribution in [3.8, 4) is 0 Å². The zero-order chi connectivity index (χ0) is 9.78. The van der Waals surface area contributed by atoms with E-state index in [-0.39, 0.29) is 0 Å². The number of hydrogen-bond acceptors (Lipinski definition) is 2. The fourth-order valence-electron chi connectivity index (χ4n) is 1.46. The predicted octanol–water partition coefficient (Wildman–Crippen LogP) is 2.12. The van der Waals surface area contributed by atoms with Gasteiger partial charge in [0.15, 0.2) is 0 Å². The first-order valence-corrected chi connectivity index (χ1v) is 4.82. The van der Waals surface area contributed by atoms with Crippen molar-refractivity contribution in [1.29, 1.82) is 0 Å². The third kappa shape index (κ3) is 8.02. The van der Waals surface area contributed by atoms with Gasteiger partial charge in [0.2, 0.25) is 0 Å². The molecule has 0 saturated carbocycles. The molecule has 0 aliphatic carbocycles. The number of nitrogens with two attached hydrogens (primary N) is 1. The van der Waals surface area contributed by atoms with Crippen LogP contribution < -0.4 is 5.73 Å². The second-order valence-corrected chi connectivity index (χ2v) is 4.63. The van der Waals surface area contributed by atoms with Gasteiger partial charge in [0.1, 0.15) is 5.72 Å². The van der Waals surface area contributed by atoms with Crippen LogP contribution in [0.1, 0.15) is 47.0 Å². The molecule has 0 bridgehead atoms. The van der Waals surface area contributed by atoms with Crippen LogP contribution in [0.4, 0.5) is 0 Å². The lowest BCUT2D eigenvalue weighted by Gasteiger charge is -2.20. The molecule has 0 radical (unpaired) electrons. The van der Waals surface area contributed by atoms with Crippen molar-refractivity contribution in [1.82, 2.24) is 0 Å². The fourth-order valence-corrected chi connectivity index (χ4v) is 1.46. The van der Waals surface area contributed by atoms with E-state index in [1.807, 2.05) is 0 Å². The average molecular weight is 173 g/mol. The summed E-state index contributed by atoms with van der Waals surface area (Å²) in [4.78, 5) is 0. The highest BCUT2D eigenvalue weighted by atomic mass is 16.3. The monoisotopic (exact) mass is 173 g/mol. The molecule has 0 heterocycles. The molecule has 0 spiro atoms. The Balaban J connectivity index is 3.51. The van der Waals surface area contributed by atoms with Crippen molar-refractivity contribution in [2.45, 2.75) is 52.7 Å². The van der Waals surface area contributed by atoms with E-state index in [2.05, 4.69) is 20.8 Å². The Hall–Kier alpha value is -0.0800. The highest BCUT2D eigenvalue weighted by molar-refractivity contribution is 4.66. The van der Waals surface area contributed by atoms with Crippen LogP contribution in [-0.4, -0.2) is 10.8 Å². The van der Waals surface area contributed by atoms with E-state index >= 15 is 0 Å². The first-order valence-electron chi connectivity index (χ1n) is 4.82. The molecule has 0 aromatic carbocycles. The molecule has 2 atom stereocenters. The summed E-state index contributed by atoms with van der Waals surface area (Å²) in [6.45, 7) is 8.31. The van der Waals surface area contributed by atoms with Gasteiger partial charge in [-0.3, -0.25) is 0 Å². The van der Waals surface area contributed by atoms with Gasteiger partial charge in [-0.05, 0) is 38.0 Å². The van der Waals surface area contributed by atoms with Gasteiger partial charge in [0, 0.05) is 0 Å². The Labute approximate surface area is 76.2 Å². The van der Waals surface area contributed by atoms with Gasteiger partial charge in [0.25, 0.3) is 0 Å². The Kier molecular flexibility index (Phi) is 4.80. The topological polar surface area (TPSA) is 46.2 Å². The molecule has 0 rings (SSSR count). The lowest BCUT2D eigenvalue weighted by molar-refractivity contribution is 0.0506. The van der Waals surface area contributed by atoms with Crippen molar-refractivity contribution >= 4 is 0 Å². The Morgan fingerprint density at radius 1 is 1.33 bits per heavy atom. The lowest BCUT2D eigenvalue weighted by atomic mass is 9.92. The zero-order valence-electron chi connectivity index (χ0n) is 8.80. The van der Waals surface area contributed by atoms with Crippen LogP contribution in [0.3, 0.4) is 0 Å². The van der Waals surface area contributed by atoms with E-state index in [0.29, 0.717) is 12.3 Å². The standard InChI is InChI=1S/C10H23NO/c1-8(2)7-9(3)5-6-10(4,11)12/h8-9,12H,5-7,11H2,1-4H3/t9-,10?/m1/s1. The summed E-state index contributed by atoms with van der Waals surface area (Å²) < 4.78 is 0. The summed E-state index contributed by atoms with van der Waals surface area (Å²) in [6, 6.07) is 0. The second-order valence-electron chi connectivity index (χ2n) is 4.63. The third-order valence-corrected chi connectivity index (χ3v) is 2.02. The molecular formula is C10H23NO. The van der Waals surface area contributed by atoms with Crippen LogP contribution in [0, 0.1) is 11.8 Å². The summed E-state index contributed by atoms with van der Waals surface area (Å²) in [5, 5.41) is 9.28. The Bertz CT molecular complexity index is 115. The molecule has 0 saturated heterocycles. The van der Waals surface area contributed by atoms with Gasteiger partial charge < -0.3 is 10.8 Å². The maximum absolute atomic E-state index is 9.28. The van der Waals surface area contributed by atoms with Gasteiger partial charge >= 0.3 is 0 Å². The minimum Gasteiger partial charge on any atom is -0.376 e. The molecule has 2 nitrogen and oxygen atoms in total. The van der Waals surface area contributed by atoms with E-state index < -0.39 is 5.72 Å². The molecule has 2 heteroatoms. The molecule has 12 heavy (non-hydrogen) atoms. The molecule has 0 amide bonds. The van der Waals surface area contributed by atoms with Gasteiger partial charge in [-0.15, -0.1) is 0 Å². The molecular weight excluding hydrogens is 150 g/mol. The summed E-state index contributed by atoms with van der Waals surface area (Å²) >= 11 is 0. The SMILES string of the molecule is CC(C)C[C@H](C)CCC(C)(N)O. The molecule has 0 aliphatic rings. The van der Waals surface area contributed by atoms with Gasteiger partial charge in [-0.25, -0.2) is 0 Å². The number of aliphatic hydroxyl groups is 1. The highest BCUT2D eigenvalue weighted by Gasteiger charge is 2.15. The van der Waals surface area contributed by atoms with Gasteiger partial charge in [0.05, 0.1) is 0 Å². The normalized spacial score (nSPS) is 19.2. The molecule has 3 N–H and O–H groups in total. The van der Waals surface area contributed by atoms with E-state index in [4.69, 9.17) is 5.73 Å². The van der Waals surface area contributed by atoms with Crippen LogP contribution in [0.15, 0.2) is 0 Å². The van der Waals surface area contributed by atoms with Crippen molar-refractivity contribution in [3.63, 3.8) is 0 Å². The first kappa shape index (κ1) is 11.9. The molecule has 0 aliphatic heterocycles. The minimum atomic E-state index is -0.981. The maximum Gasteiger partial charge on any atom is 0.110 e. The van der Waals surface area contributed by atoms with E-state index in [9.17, 15) is 5.11 Å². The summed E-state index contributed by atoms with van der Waals surface area (Å²) in [5.41, 5.74) is 4.49. The van der Waals surface area contributed by atoms with Crippen LogP contribution in [0.5, 0.6) is 0 Å². The van der Waals surface area contributed by atoms with Gasteiger partial charge in [-0.2, -0.15) is 0 Å².